The lowest BCUT2D eigenvalue weighted by Crippen LogP contribution is -2.40. The van der Waals surface area contributed by atoms with Gasteiger partial charge in [0.1, 0.15) is 0 Å². The van der Waals surface area contributed by atoms with Gasteiger partial charge in [-0.3, -0.25) is 9.59 Å². The first-order valence-corrected chi connectivity index (χ1v) is 8.98. The van der Waals surface area contributed by atoms with E-state index in [9.17, 15) is 9.59 Å². The Morgan fingerprint density at radius 1 is 1.36 bits per heavy atom. The highest BCUT2D eigenvalue weighted by Gasteiger charge is 2.25. The number of nitrogens with one attached hydrogen (secondary N) is 1. The molecule has 1 aliphatic heterocycles. The molecule has 0 radical (unpaired) electrons. The summed E-state index contributed by atoms with van der Waals surface area (Å²) in [7, 11) is 0. The Bertz CT molecular complexity index is 739. The van der Waals surface area contributed by atoms with E-state index in [1.807, 2.05) is 34.9 Å². The smallest absolute Gasteiger partial charge is 0.255 e. The lowest BCUT2D eigenvalue weighted by atomic mass is 9.98. The Hall–Kier alpha value is -1.75. The number of rotatable bonds is 3. The van der Waals surface area contributed by atoms with E-state index in [0.717, 1.165) is 30.6 Å². The highest BCUT2D eigenvalue weighted by atomic mass is 32.2. The van der Waals surface area contributed by atoms with E-state index >= 15 is 0 Å². The van der Waals surface area contributed by atoms with Gasteiger partial charge in [-0.2, -0.15) is 11.8 Å². The van der Waals surface area contributed by atoms with E-state index < -0.39 is 0 Å². The zero-order valence-corrected chi connectivity index (χ0v) is 13.5. The van der Waals surface area contributed by atoms with Crippen molar-refractivity contribution in [2.24, 2.45) is 5.92 Å². The van der Waals surface area contributed by atoms with Crippen LogP contribution in [0, 0.1) is 5.92 Å². The molecule has 0 bridgehead atoms. The number of aromatic nitrogens is 1. The van der Waals surface area contributed by atoms with E-state index in [1.54, 1.807) is 12.3 Å². The highest BCUT2D eigenvalue weighted by Crippen LogP contribution is 2.23. The summed E-state index contributed by atoms with van der Waals surface area (Å²) >= 11 is 1.84. The second-order valence-electron chi connectivity index (χ2n) is 5.79. The van der Waals surface area contributed by atoms with Crippen molar-refractivity contribution >= 4 is 28.4 Å². The summed E-state index contributed by atoms with van der Waals surface area (Å²) in [6.07, 6.45) is 5.91. The molecular formula is C17H20N2O2S. The summed E-state index contributed by atoms with van der Waals surface area (Å²) in [6, 6.07) is 7.30. The normalized spacial score (nSPS) is 18.6. The van der Waals surface area contributed by atoms with Crippen molar-refractivity contribution in [2.45, 2.75) is 12.8 Å². The second-order valence-corrected chi connectivity index (χ2v) is 6.70. The molecule has 4 nitrogen and oxygen atoms in total. The molecule has 1 aromatic heterocycles. The minimum atomic E-state index is -0.147. The number of likely N-dealkylation sites (tertiary alicyclic amines) is 1. The number of thioether (sulfide) groups is 1. The Balaban J connectivity index is 1.92. The summed E-state index contributed by atoms with van der Waals surface area (Å²) in [5, 5.41) is 1.31. The van der Waals surface area contributed by atoms with E-state index in [-0.39, 0.29) is 11.5 Å². The monoisotopic (exact) mass is 316 g/mol. The van der Waals surface area contributed by atoms with Crippen LogP contribution >= 0.6 is 11.8 Å². The maximum absolute atomic E-state index is 12.9. The first-order valence-electron chi connectivity index (χ1n) is 7.59. The summed E-state index contributed by atoms with van der Waals surface area (Å²) in [5.74, 6) is 1.69. The third-order valence-corrected chi connectivity index (χ3v) is 5.05. The maximum Gasteiger partial charge on any atom is 0.255 e. The predicted octanol–water partition coefficient (Wildman–Crippen LogP) is 2.74. The minimum absolute atomic E-state index is 0.0262. The largest absolute Gasteiger partial charge is 0.338 e. The number of nitrogens with zero attached hydrogens (tertiary/aromatic N) is 1. The van der Waals surface area contributed by atoms with Crippen LogP contribution in [-0.4, -0.2) is 40.9 Å². The van der Waals surface area contributed by atoms with Gasteiger partial charge in [0, 0.05) is 30.1 Å². The molecule has 2 heterocycles. The number of aromatic amines is 1. The van der Waals surface area contributed by atoms with Crippen molar-refractivity contribution in [1.29, 1.82) is 0 Å². The first kappa shape index (κ1) is 15.2. The number of piperidine rings is 1. The molecule has 0 unspecified atom stereocenters. The molecule has 1 aliphatic rings. The first-order chi connectivity index (χ1) is 10.7. The number of benzene rings is 1. The molecule has 0 saturated carbocycles. The van der Waals surface area contributed by atoms with Crippen molar-refractivity contribution in [2.75, 3.05) is 25.1 Å². The number of carbonyl (C=O) groups is 1. The minimum Gasteiger partial charge on any atom is -0.338 e. The molecule has 0 spiro atoms. The zero-order chi connectivity index (χ0) is 15.5. The van der Waals surface area contributed by atoms with Crippen molar-refractivity contribution < 1.29 is 4.79 Å². The van der Waals surface area contributed by atoms with Crippen LogP contribution in [0.15, 0.2) is 35.3 Å². The fourth-order valence-corrected chi connectivity index (χ4v) is 3.92. The van der Waals surface area contributed by atoms with Crippen molar-refractivity contribution in [3.05, 3.63) is 46.4 Å². The van der Waals surface area contributed by atoms with Crippen LogP contribution in [-0.2, 0) is 0 Å². The third kappa shape index (κ3) is 2.90. The second kappa shape index (κ2) is 6.57. The van der Waals surface area contributed by atoms with Gasteiger partial charge in [0.15, 0.2) is 0 Å². The Morgan fingerprint density at radius 3 is 2.91 bits per heavy atom. The van der Waals surface area contributed by atoms with Crippen LogP contribution in [0.5, 0.6) is 0 Å². The van der Waals surface area contributed by atoms with Gasteiger partial charge in [-0.05, 0) is 36.8 Å². The van der Waals surface area contributed by atoms with E-state index in [4.69, 9.17) is 0 Å². The molecule has 1 atom stereocenters. The fraction of sp³-hybridized carbons (Fsp3) is 0.412. The topological polar surface area (TPSA) is 53.2 Å². The molecule has 1 N–H and O–H groups in total. The molecule has 22 heavy (non-hydrogen) atoms. The SMILES string of the molecule is CSC[C@@H]1CCCN(C(=O)c2c[nH]c(=O)c3ccccc23)C1. The van der Waals surface area contributed by atoms with Gasteiger partial charge in [0.2, 0.25) is 0 Å². The summed E-state index contributed by atoms with van der Waals surface area (Å²) in [4.78, 5) is 29.4. The molecule has 1 amide bonds. The molecule has 1 aromatic carbocycles. The summed E-state index contributed by atoms with van der Waals surface area (Å²) in [6.45, 7) is 1.62. The molecule has 5 heteroatoms. The number of hydrogen-bond acceptors (Lipinski definition) is 3. The molecule has 2 aromatic rings. The van der Waals surface area contributed by atoms with Gasteiger partial charge >= 0.3 is 0 Å². The Kier molecular flexibility index (Phi) is 4.52. The maximum atomic E-state index is 12.9. The van der Waals surface area contributed by atoms with Crippen LogP contribution in [0.1, 0.15) is 23.2 Å². The van der Waals surface area contributed by atoms with Gasteiger partial charge in [0.05, 0.1) is 5.56 Å². The quantitative estimate of drug-likeness (QED) is 0.947. The predicted molar refractivity (Wildman–Crippen MR) is 91.6 cm³/mol. The number of pyridine rings is 1. The molecule has 1 saturated heterocycles. The van der Waals surface area contributed by atoms with Crippen molar-refractivity contribution in [1.82, 2.24) is 9.88 Å². The summed E-state index contributed by atoms with van der Waals surface area (Å²) in [5.41, 5.74) is 0.450. The number of amides is 1. The van der Waals surface area contributed by atoms with Gasteiger partial charge in [0.25, 0.3) is 11.5 Å². The van der Waals surface area contributed by atoms with E-state index in [0.29, 0.717) is 16.9 Å². The van der Waals surface area contributed by atoms with Crippen LogP contribution in [0.3, 0.4) is 0 Å². The molecular weight excluding hydrogens is 296 g/mol. The van der Waals surface area contributed by atoms with Gasteiger partial charge < -0.3 is 9.88 Å². The van der Waals surface area contributed by atoms with Crippen LogP contribution < -0.4 is 5.56 Å². The average molecular weight is 316 g/mol. The lowest BCUT2D eigenvalue weighted by Gasteiger charge is -2.32. The number of H-pyrrole nitrogens is 1. The standard InChI is InChI=1S/C17H20N2O2S/c1-22-11-12-5-4-8-19(10-12)17(21)15-9-18-16(20)14-7-3-2-6-13(14)15/h2-3,6-7,9,12H,4-5,8,10-11H2,1H3,(H,18,20)/t12-/m1/s1. The van der Waals surface area contributed by atoms with Crippen LogP contribution in [0.4, 0.5) is 0 Å². The zero-order valence-electron chi connectivity index (χ0n) is 12.7. The van der Waals surface area contributed by atoms with Gasteiger partial charge in [-0.25, -0.2) is 0 Å². The van der Waals surface area contributed by atoms with Crippen molar-refractivity contribution in [3.63, 3.8) is 0 Å². The van der Waals surface area contributed by atoms with E-state index in [2.05, 4.69) is 11.2 Å². The molecule has 116 valence electrons. The van der Waals surface area contributed by atoms with Gasteiger partial charge in [-0.1, -0.05) is 18.2 Å². The summed E-state index contributed by atoms with van der Waals surface area (Å²) < 4.78 is 0. The van der Waals surface area contributed by atoms with E-state index in [1.165, 1.54) is 6.42 Å². The molecule has 1 fully saturated rings. The van der Waals surface area contributed by atoms with Crippen LogP contribution in [0.2, 0.25) is 0 Å². The lowest BCUT2D eigenvalue weighted by molar-refractivity contribution is 0.0687. The average Bonchev–Trinajstić information content (AvgIpc) is 2.55. The molecule has 0 aliphatic carbocycles. The number of fused-ring (bicyclic) bond motifs is 1. The van der Waals surface area contributed by atoms with Gasteiger partial charge in [-0.15, -0.1) is 0 Å². The molecule has 3 rings (SSSR count). The fourth-order valence-electron chi connectivity index (χ4n) is 3.18. The number of carbonyl (C=O) groups excluding carboxylic acids is 1. The highest BCUT2D eigenvalue weighted by molar-refractivity contribution is 7.98. The van der Waals surface area contributed by atoms with Crippen LogP contribution in [0.25, 0.3) is 10.8 Å². The number of hydrogen-bond donors (Lipinski definition) is 1. The van der Waals surface area contributed by atoms with Crippen molar-refractivity contribution in [3.8, 4) is 0 Å². The Labute approximate surface area is 133 Å². The third-order valence-electron chi connectivity index (χ3n) is 4.25. The Morgan fingerprint density at radius 2 is 2.14 bits per heavy atom.